The molecule has 1 saturated heterocycles. The summed E-state index contributed by atoms with van der Waals surface area (Å²) in [6.45, 7) is 4.94. The number of amides is 2. The van der Waals surface area contributed by atoms with E-state index in [0.29, 0.717) is 6.42 Å². The van der Waals surface area contributed by atoms with Gasteiger partial charge in [-0.05, 0) is 25.0 Å². The third-order valence-electron chi connectivity index (χ3n) is 3.97. The van der Waals surface area contributed by atoms with Gasteiger partial charge in [0.25, 0.3) is 0 Å². The normalized spacial score (nSPS) is 16.9. The number of nitrogens with one attached hydrogen (secondary N) is 2. The summed E-state index contributed by atoms with van der Waals surface area (Å²) in [5, 5.41) is 6.26. The topological polar surface area (TPSA) is 61.4 Å². The molecule has 0 aromatic heterocycles. The molecule has 1 fully saturated rings. The lowest BCUT2D eigenvalue weighted by Crippen LogP contribution is -2.43. The number of para-hydroxylation sites is 1. The van der Waals surface area contributed by atoms with Gasteiger partial charge in [-0.3, -0.25) is 9.59 Å². The molecule has 0 spiro atoms. The standard InChI is InChI=1S/C17H25N3O2S.ClH/c1-12-5-4-6-13(2)17(12)19-15(21)10-20(3)16(22)9-14-11-23-8-7-18-14;/h4-6,14,18H,7-11H2,1-3H3,(H,19,21);1H. The van der Waals surface area contributed by atoms with Crippen LogP contribution in [0.1, 0.15) is 17.5 Å². The number of thioether (sulfide) groups is 1. The zero-order valence-electron chi connectivity index (χ0n) is 14.4. The van der Waals surface area contributed by atoms with Crippen LogP contribution in [0.4, 0.5) is 5.69 Å². The van der Waals surface area contributed by atoms with Crippen molar-refractivity contribution in [1.29, 1.82) is 0 Å². The number of benzene rings is 1. The molecule has 1 aliphatic heterocycles. The van der Waals surface area contributed by atoms with Gasteiger partial charge in [0.15, 0.2) is 0 Å². The Morgan fingerprint density at radius 1 is 1.33 bits per heavy atom. The van der Waals surface area contributed by atoms with Crippen molar-refractivity contribution >= 4 is 41.7 Å². The predicted molar refractivity (Wildman–Crippen MR) is 103 cm³/mol. The molecule has 5 nitrogen and oxygen atoms in total. The lowest BCUT2D eigenvalue weighted by molar-refractivity contribution is -0.133. The number of carbonyl (C=O) groups excluding carboxylic acids is 2. The number of aryl methyl sites for hydroxylation is 2. The first-order valence-electron chi connectivity index (χ1n) is 7.88. The molecular formula is C17H26ClN3O2S. The summed E-state index contributed by atoms with van der Waals surface area (Å²) < 4.78 is 0. The molecule has 0 radical (unpaired) electrons. The van der Waals surface area contributed by atoms with Gasteiger partial charge in [-0.25, -0.2) is 0 Å². The van der Waals surface area contributed by atoms with E-state index in [1.54, 1.807) is 7.05 Å². The molecule has 1 aliphatic rings. The van der Waals surface area contributed by atoms with Crippen LogP contribution in [0.15, 0.2) is 18.2 Å². The first kappa shape index (κ1) is 20.8. The quantitative estimate of drug-likeness (QED) is 0.833. The summed E-state index contributed by atoms with van der Waals surface area (Å²) in [7, 11) is 1.68. The van der Waals surface area contributed by atoms with Gasteiger partial charge in [-0.1, -0.05) is 18.2 Å². The molecule has 0 aliphatic carbocycles. The molecule has 0 saturated carbocycles. The number of carbonyl (C=O) groups is 2. The van der Waals surface area contributed by atoms with Crippen molar-refractivity contribution in [3.63, 3.8) is 0 Å². The number of likely N-dealkylation sites (N-methyl/N-ethyl adjacent to an activating group) is 1. The number of halogens is 1. The van der Waals surface area contributed by atoms with Crippen molar-refractivity contribution in [3.8, 4) is 0 Å². The Morgan fingerprint density at radius 3 is 2.58 bits per heavy atom. The van der Waals surface area contributed by atoms with Crippen LogP contribution in [-0.4, -0.2) is 54.4 Å². The van der Waals surface area contributed by atoms with Crippen molar-refractivity contribution in [1.82, 2.24) is 10.2 Å². The second kappa shape index (κ2) is 9.91. The van der Waals surface area contributed by atoms with Crippen LogP contribution in [0, 0.1) is 13.8 Å². The fourth-order valence-corrected chi connectivity index (χ4v) is 3.56. The molecule has 24 heavy (non-hydrogen) atoms. The van der Waals surface area contributed by atoms with Crippen molar-refractivity contribution in [2.75, 3.05) is 37.0 Å². The maximum absolute atomic E-state index is 12.2. The minimum atomic E-state index is -0.163. The van der Waals surface area contributed by atoms with E-state index < -0.39 is 0 Å². The average Bonchev–Trinajstić information content (AvgIpc) is 2.52. The van der Waals surface area contributed by atoms with E-state index in [1.807, 2.05) is 43.8 Å². The minimum absolute atomic E-state index is 0. The number of hydrogen-bond acceptors (Lipinski definition) is 4. The van der Waals surface area contributed by atoms with Gasteiger partial charge >= 0.3 is 0 Å². The molecule has 134 valence electrons. The van der Waals surface area contributed by atoms with Crippen LogP contribution in [0.2, 0.25) is 0 Å². The van der Waals surface area contributed by atoms with Crippen LogP contribution < -0.4 is 10.6 Å². The van der Waals surface area contributed by atoms with Gasteiger partial charge in [0.1, 0.15) is 0 Å². The summed E-state index contributed by atoms with van der Waals surface area (Å²) in [6.07, 6.45) is 0.445. The highest BCUT2D eigenvalue weighted by Crippen LogP contribution is 2.19. The van der Waals surface area contributed by atoms with Crippen molar-refractivity contribution in [2.45, 2.75) is 26.3 Å². The third-order valence-corrected chi connectivity index (χ3v) is 5.10. The molecule has 1 unspecified atom stereocenters. The van der Waals surface area contributed by atoms with Crippen molar-refractivity contribution in [2.24, 2.45) is 0 Å². The summed E-state index contributed by atoms with van der Waals surface area (Å²) in [5.74, 6) is 1.89. The zero-order valence-corrected chi connectivity index (χ0v) is 16.1. The fourth-order valence-electron chi connectivity index (χ4n) is 2.61. The second-order valence-electron chi connectivity index (χ2n) is 5.99. The lowest BCUT2D eigenvalue weighted by atomic mass is 10.1. The molecule has 1 aromatic rings. The van der Waals surface area contributed by atoms with Gasteiger partial charge < -0.3 is 15.5 Å². The van der Waals surface area contributed by atoms with Crippen LogP contribution in [-0.2, 0) is 9.59 Å². The Kier molecular flexibility index (Phi) is 8.59. The zero-order chi connectivity index (χ0) is 16.8. The maximum Gasteiger partial charge on any atom is 0.243 e. The molecule has 1 aromatic carbocycles. The number of hydrogen-bond donors (Lipinski definition) is 2. The molecular weight excluding hydrogens is 346 g/mol. The Labute approximate surface area is 154 Å². The summed E-state index contributed by atoms with van der Waals surface area (Å²) in [5.41, 5.74) is 2.88. The number of nitrogens with zero attached hydrogens (tertiary/aromatic N) is 1. The Balaban J connectivity index is 0.00000288. The van der Waals surface area contributed by atoms with Crippen molar-refractivity contribution < 1.29 is 9.59 Å². The van der Waals surface area contributed by atoms with E-state index in [0.717, 1.165) is 34.9 Å². The van der Waals surface area contributed by atoms with Crippen LogP contribution >= 0.6 is 24.2 Å². The van der Waals surface area contributed by atoms with Gasteiger partial charge in [0.05, 0.1) is 6.54 Å². The Bertz CT molecular complexity index is 557. The predicted octanol–water partition coefficient (Wildman–Crippen LogP) is 2.22. The van der Waals surface area contributed by atoms with Crippen LogP contribution in [0.25, 0.3) is 0 Å². The highest BCUT2D eigenvalue weighted by Gasteiger charge is 2.20. The maximum atomic E-state index is 12.2. The monoisotopic (exact) mass is 371 g/mol. The fraction of sp³-hybridized carbons (Fsp3) is 0.529. The largest absolute Gasteiger partial charge is 0.336 e. The van der Waals surface area contributed by atoms with E-state index >= 15 is 0 Å². The molecule has 1 heterocycles. The Morgan fingerprint density at radius 2 is 2.00 bits per heavy atom. The molecule has 0 bridgehead atoms. The summed E-state index contributed by atoms with van der Waals surface area (Å²) in [4.78, 5) is 25.9. The van der Waals surface area contributed by atoms with Gasteiger partial charge in [0, 0.05) is 43.2 Å². The smallest absolute Gasteiger partial charge is 0.243 e. The molecule has 2 rings (SSSR count). The second-order valence-corrected chi connectivity index (χ2v) is 7.14. The first-order valence-corrected chi connectivity index (χ1v) is 9.04. The minimum Gasteiger partial charge on any atom is -0.336 e. The average molecular weight is 372 g/mol. The highest BCUT2D eigenvalue weighted by molar-refractivity contribution is 7.99. The van der Waals surface area contributed by atoms with E-state index in [4.69, 9.17) is 0 Å². The molecule has 7 heteroatoms. The third kappa shape index (κ3) is 6.00. The van der Waals surface area contributed by atoms with E-state index in [9.17, 15) is 9.59 Å². The number of rotatable bonds is 5. The Hall–Kier alpha value is -1.24. The lowest BCUT2D eigenvalue weighted by Gasteiger charge is -2.25. The van der Waals surface area contributed by atoms with Gasteiger partial charge in [-0.2, -0.15) is 11.8 Å². The first-order chi connectivity index (χ1) is 11.0. The molecule has 2 amide bonds. The van der Waals surface area contributed by atoms with Crippen LogP contribution in [0.5, 0.6) is 0 Å². The van der Waals surface area contributed by atoms with Gasteiger partial charge in [0.2, 0.25) is 11.8 Å². The van der Waals surface area contributed by atoms with Gasteiger partial charge in [-0.15, -0.1) is 12.4 Å². The van der Waals surface area contributed by atoms with E-state index in [-0.39, 0.29) is 36.8 Å². The van der Waals surface area contributed by atoms with Crippen molar-refractivity contribution in [3.05, 3.63) is 29.3 Å². The van der Waals surface area contributed by atoms with E-state index in [1.165, 1.54) is 4.90 Å². The highest BCUT2D eigenvalue weighted by atomic mass is 35.5. The van der Waals surface area contributed by atoms with E-state index in [2.05, 4.69) is 10.6 Å². The summed E-state index contributed by atoms with van der Waals surface area (Å²) in [6, 6.07) is 6.10. The molecule has 2 N–H and O–H groups in total. The summed E-state index contributed by atoms with van der Waals surface area (Å²) >= 11 is 1.86. The number of anilines is 1. The SMILES string of the molecule is Cc1cccc(C)c1NC(=O)CN(C)C(=O)CC1CSCCN1.Cl. The van der Waals surface area contributed by atoms with Crippen LogP contribution in [0.3, 0.4) is 0 Å². The molecule has 1 atom stereocenters.